The van der Waals surface area contributed by atoms with Crippen molar-refractivity contribution < 1.29 is 4.74 Å². The summed E-state index contributed by atoms with van der Waals surface area (Å²) >= 11 is 2.35. The van der Waals surface area contributed by atoms with Gasteiger partial charge in [-0.1, -0.05) is 52.9 Å². The highest BCUT2D eigenvalue weighted by Gasteiger charge is 1.97. The second-order valence-electron chi connectivity index (χ2n) is 3.20. The summed E-state index contributed by atoms with van der Waals surface area (Å²) in [5, 5.41) is 0. The van der Waals surface area contributed by atoms with Crippen LogP contribution in [-0.4, -0.2) is 0 Å². The minimum Gasteiger partial charge on any atom is -0.457 e. The van der Waals surface area contributed by atoms with Gasteiger partial charge in [-0.05, 0) is 29.8 Å². The van der Waals surface area contributed by atoms with E-state index in [1.165, 1.54) is 5.56 Å². The van der Waals surface area contributed by atoms with Crippen molar-refractivity contribution in [3.8, 4) is 11.5 Å². The maximum absolute atomic E-state index is 5.72. The predicted octanol–water partition coefficient (Wildman–Crippen LogP) is 4.41. The molecule has 0 amide bonds. The molecule has 0 N–H and O–H groups in total. The number of alkyl halides is 1. The third-order valence-corrected chi connectivity index (χ3v) is 2.91. The molecule has 2 rings (SSSR count). The summed E-state index contributed by atoms with van der Waals surface area (Å²) in [7, 11) is 0. The van der Waals surface area contributed by atoms with Gasteiger partial charge in [0.25, 0.3) is 0 Å². The molecular weight excluding hydrogens is 299 g/mol. The summed E-state index contributed by atoms with van der Waals surface area (Å²) in [6, 6.07) is 18.0. The number of para-hydroxylation sites is 1. The Hall–Kier alpha value is -1.03. The zero-order valence-electron chi connectivity index (χ0n) is 8.19. The van der Waals surface area contributed by atoms with Gasteiger partial charge in [0.15, 0.2) is 0 Å². The van der Waals surface area contributed by atoms with Gasteiger partial charge in [-0.25, -0.2) is 0 Å². The molecule has 0 atom stereocenters. The monoisotopic (exact) mass is 310 g/mol. The van der Waals surface area contributed by atoms with Crippen LogP contribution >= 0.6 is 22.6 Å². The molecule has 0 spiro atoms. The summed E-state index contributed by atoms with van der Waals surface area (Å²) in [6.45, 7) is 0. The molecule has 15 heavy (non-hydrogen) atoms. The predicted molar refractivity (Wildman–Crippen MR) is 70.7 cm³/mol. The van der Waals surface area contributed by atoms with Crippen LogP contribution < -0.4 is 4.74 Å². The van der Waals surface area contributed by atoms with Gasteiger partial charge < -0.3 is 4.74 Å². The van der Waals surface area contributed by atoms with Gasteiger partial charge >= 0.3 is 0 Å². The molecule has 0 aliphatic carbocycles. The first-order valence-electron chi connectivity index (χ1n) is 4.76. The average molecular weight is 310 g/mol. The van der Waals surface area contributed by atoms with E-state index in [2.05, 4.69) is 34.7 Å². The number of rotatable bonds is 3. The fraction of sp³-hybridized carbons (Fsp3) is 0.0769. The van der Waals surface area contributed by atoms with Crippen molar-refractivity contribution in [3.63, 3.8) is 0 Å². The minimum atomic E-state index is 0.878. The Morgan fingerprint density at radius 1 is 0.867 bits per heavy atom. The zero-order chi connectivity index (χ0) is 10.5. The second kappa shape index (κ2) is 5.16. The molecule has 2 aromatic rings. The van der Waals surface area contributed by atoms with Gasteiger partial charge in [-0.2, -0.15) is 0 Å². The largest absolute Gasteiger partial charge is 0.457 e. The summed E-state index contributed by atoms with van der Waals surface area (Å²) in [5.74, 6) is 1.78. The van der Waals surface area contributed by atoms with Crippen molar-refractivity contribution >= 4 is 22.6 Å². The first kappa shape index (κ1) is 10.5. The molecule has 0 unspecified atom stereocenters. The third kappa shape index (κ3) is 2.96. The molecule has 76 valence electrons. The lowest BCUT2D eigenvalue weighted by Crippen LogP contribution is -1.84. The lowest BCUT2D eigenvalue weighted by molar-refractivity contribution is 0.482. The fourth-order valence-corrected chi connectivity index (χ4v) is 1.79. The fourth-order valence-electron chi connectivity index (χ4n) is 1.32. The van der Waals surface area contributed by atoms with Crippen LogP contribution in [0.25, 0.3) is 0 Å². The lowest BCUT2D eigenvalue weighted by atomic mass is 10.2. The van der Waals surface area contributed by atoms with E-state index >= 15 is 0 Å². The van der Waals surface area contributed by atoms with Crippen molar-refractivity contribution in [2.24, 2.45) is 0 Å². The molecular formula is C13H11IO. The molecule has 1 nitrogen and oxygen atoms in total. The summed E-state index contributed by atoms with van der Waals surface area (Å²) in [4.78, 5) is 0. The molecule has 0 aliphatic rings. The summed E-state index contributed by atoms with van der Waals surface area (Å²) < 4.78 is 6.72. The number of benzene rings is 2. The Labute approximate surface area is 103 Å². The topological polar surface area (TPSA) is 9.23 Å². The zero-order valence-corrected chi connectivity index (χ0v) is 10.3. The molecule has 0 heterocycles. The van der Waals surface area contributed by atoms with E-state index in [0.717, 1.165) is 15.9 Å². The van der Waals surface area contributed by atoms with Crippen LogP contribution in [0.15, 0.2) is 54.6 Å². The van der Waals surface area contributed by atoms with Crippen LogP contribution in [0.5, 0.6) is 11.5 Å². The SMILES string of the molecule is ICc1cccc(Oc2ccccc2)c1. The maximum atomic E-state index is 5.72. The quantitative estimate of drug-likeness (QED) is 0.602. The van der Waals surface area contributed by atoms with Crippen LogP contribution in [0.1, 0.15) is 5.56 Å². The highest BCUT2D eigenvalue weighted by molar-refractivity contribution is 14.1. The van der Waals surface area contributed by atoms with Gasteiger partial charge in [-0.15, -0.1) is 0 Å². The number of ether oxygens (including phenoxy) is 1. The average Bonchev–Trinajstić information content (AvgIpc) is 2.31. The van der Waals surface area contributed by atoms with Crippen LogP contribution in [-0.2, 0) is 4.43 Å². The van der Waals surface area contributed by atoms with Crippen molar-refractivity contribution in [1.82, 2.24) is 0 Å². The molecule has 0 bridgehead atoms. The van der Waals surface area contributed by atoms with Gasteiger partial charge in [0.2, 0.25) is 0 Å². The van der Waals surface area contributed by atoms with Crippen LogP contribution in [0, 0.1) is 0 Å². The van der Waals surface area contributed by atoms with E-state index in [4.69, 9.17) is 4.74 Å². The molecule has 0 radical (unpaired) electrons. The van der Waals surface area contributed by atoms with Gasteiger partial charge in [-0.3, -0.25) is 0 Å². The van der Waals surface area contributed by atoms with E-state index in [1.807, 2.05) is 42.5 Å². The molecule has 2 aromatic carbocycles. The highest BCUT2D eigenvalue weighted by Crippen LogP contribution is 2.22. The Morgan fingerprint density at radius 2 is 1.60 bits per heavy atom. The smallest absolute Gasteiger partial charge is 0.127 e. The van der Waals surface area contributed by atoms with Gasteiger partial charge in [0, 0.05) is 4.43 Å². The van der Waals surface area contributed by atoms with Crippen molar-refractivity contribution in [3.05, 3.63) is 60.2 Å². The van der Waals surface area contributed by atoms with Crippen molar-refractivity contribution in [2.75, 3.05) is 0 Å². The van der Waals surface area contributed by atoms with E-state index in [0.29, 0.717) is 0 Å². The third-order valence-electron chi connectivity index (χ3n) is 2.03. The van der Waals surface area contributed by atoms with Crippen LogP contribution in [0.4, 0.5) is 0 Å². The Morgan fingerprint density at radius 3 is 2.33 bits per heavy atom. The number of hydrogen-bond acceptors (Lipinski definition) is 1. The Kier molecular flexibility index (Phi) is 3.61. The maximum Gasteiger partial charge on any atom is 0.127 e. The molecule has 0 fully saturated rings. The molecule has 0 aliphatic heterocycles. The Bertz CT molecular complexity index is 426. The lowest BCUT2D eigenvalue weighted by Gasteiger charge is -2.06. The second-order valence-corrected chi connectivity index (χ2v) is 3.96. The van der Waals surface area contributed by atoms with Crippen LogP contribution in [0.2, 0.25) is 0 Å². The first-order valence-corrected chi connectivity index (χ1v) is 6.29. The standard InChI is InChI=1S/C13H11IO/c14-10-11-5-4-8-13(9-11)15-12-6-2-1-3-7-12/h1-9H,10H2. The van der Waals surface area contributed by atoms with E-state index in [-0.39, 0.29) is 0 Å². The van der Waals surface area contributed by atoms with Crippen molar-refractivity contribution in [1.29, 1.82) is 0 Å². The van der Waals surface area contributed by atoms with Crippen LogP contribution in [0.3, 0.4) is 0 Å². The minimum absolute atomic E-state index is 0.878. The first-order chi connectivity index (χ1) is 7.38. The van der Waals surface area contributed by atoms with Gasteiger partial charge in [0.05, 0.1) is 0 Å². The van der Waals surface area contributed by atoms with E-state index < -0.39 is 0 Å². The van der Waals surface area contributed by atoms with E-state index in [9.17, 15) is 0 Å². The number of hydrogen-bond donors (Lipinski definition) is 0. The molecule has 0 aromatic heterocycles. The summed E-state index contributed by atoms with van der Waals surface area (Å²) in [5.41, 5.74) is 1.28. The molecule has 0 saturated carbocycles. The number of halogens is 1. The highest BCUT2D eigenvalue weighted by atomic mass is 127. The van der Waals surface area contributed by atoms with E-state index in [1.54, 1.807) is 0 Å². The normalized spacial score (nSPS) is 9.93. The molecule has 0 saturated heterocycles. The summed E-state index contributed by atoms with van der Waals surface area (Å²) in [6.07, 6.45) is 0. The Balaban J connectivity index is 2.17. The molecule has 2 heteroatoms. The van der Waals surface area contributed by atoms with Crippen molar-refractivity contribution in [2.45, 2.75) is 4.43 Å². The van der Waals surface area contributed by atoms with Gasteiger partial charge in [0.1, 0.15) is 11.5 Å².